The van der Waals surface area contributed by atoms with Crippen LogP contribution >= 0.6 is 0 Å². The number of hydrogen-bond acceptors (Lipinski definition) is 6. The maximum absolute atomic E-state index is 14.6. The van der Waals surface area contributed by atoms with E-state index in [0.717, 1.165) is 17.0 Å². The van der Waals surface area contributed by atoms with Crippen LogP contribution in [0.3, 0.4) is 0 Å². The minimum absolute atomic E-state index is 0.0106. The molecule has 0 fully saturated rings. The monoisotopic (exact) mass is 534 g/mol. The standard InChI is InChI=1S/C26H29F3N4O5/c1-6-19-21(29)10-18(27)11-22(19)37-15(2)24(35)33(13-17-8-7-16(12-30)9-20(17)28)14-23(34)31-32-25(36)38-26(3,4)5/h7-11,15H,6,13-14H2,1-5H3,(H,31,34)(H,32,36). The number of carbonyl (C=O) groups excluding carboxylic acids is 3. The van der Waals surface area contributed by atoms with Gasteiger partial charge in [-0.3, -0.25) is 15.0 Å². The van der Waals surface area contributed by atoms with E-state index in [1.165, 1.54) is 19.1 Å². The Labute approximate surface area is 218 Å². The summed E-state index contributed by atoms with van der Waals surface area (Å²) in [7, 11) is 0. The van der Waals surface area contributed by atoms with Crippen molar-refractivity contribution in [2.24, 2.45) is 0 Å². The maximum atomic E-state index is 14.6. The number of ether oxygens (including phenoxy) is 2. The smallest absolute Gasteiger partial charge is 0.426 e. The van der Waals surface area contributed by atoms with Gasteiger partial charge in [0.25, 0.3) is 11.8 Å². The van der Waals surface area contributed by atoms with Gasteiger partial charge in [-0.1, -0.05) is 13.0 Å². The van der Waals surface area contributed by atoms with Crippen LogP contribution < -0.4 is 15.6 Å². The fraction of sp³-hybridized carbons (Fsp3) is 0.385. The number of carbonyl (C=O) groups is 3. The van der Waals surface area contributed by atoms with Crippen molar-refractivity contribution < 1.29 is 37.0 Å². The molecular weight excluding hydrogens is 505 g/mol. The topological polar surface area (TPSA) is 121 Å². The van der Waals surface area contributed by atoms with Crippen molar-refractivity contribution in [2.75, 3.05) is 6.54 Å². The van der Waals surface area contributed by atoms with Crippen molar-refractivity contribution >= 4 is 17.9 Å². The van der Waals surface area contributed by atoms with E-state index in [4.69, 9.17) is 14.7 Å². The summed E-state index contributed by atoms with van der Waals surface area (Å²) in [6.45, 7) is 6.73. The summed E-state index contributed by atoms with van der Waals surface area (Å²) < 4.78 is 53.1. The average molecular weight is 535 g/mol. The molecule has 0 aliphatic carbocycles. The van der Waals surface area contributed by atoms with Gasteiger partial charge >= 0.3 is 6.09 Å². The number of nitrogens with one attached hydrogen (secondary N) is 2. The minimum atomic E-state index is -1.34. The first-order valence-electron chi connectivity index (χ1n) is 11.6. The molecule has 0 saturated heterocycles. The van der Waals surface area contributed by atoms with Crippen LogP contribution in [0.2, 0.25) is 0 Å². The number of nitrogens with zero attached hydrogens (tertiary/aromatic N) is 2. The van der Waals surface area contributed by atoms with Crippen molar-refractivity contribution in [3.8, 4) is 11.8 Å². The molecule has 9 nitrogen and oxygen atoms in total. The molecule has 2 rings (SSSR count). The second-order valence-corrected chi connectivity index (χ2v) is 9.27. The summed E-state index contributed by atoms with van der Waals surface area (Å²) in [6.07, 6.45) is -2.13. The number of halogens is 3. The van der Waals surface area contributed by atoms with E-state index < -0.39 is 60.2 Å². The molecule has 2 N–H and O–H groups in total. The Morgan fingerprint density at radius 1 is 1.08 bits per heavy atom. The second kappa shape index (κ2) is 12.8. The molecule has 0 aromatic heterocycles. The third-order valence-electron chi connectivity index (χ3n) is 5.02. The van der Waals surface area contributed by atoms with Crippen LogP contribution in [0.15, 0.2) is 30.3 Å². The van der Waals surface area contributed by atoms with Gasteiger partial charge in [-0.2, -0.15) is 5.26 Å². The normalized spacial score (nSPS) is 11.7. The zero-order valence-corrected chi connectivity index (χ0v) is 21.7. The van der Waals surface area contributed by atoms with Gasteiger partial charge in [0.1, 0.15) is 35.3 Å². The molecule has 3 amide bonds. The Balaban J connectivity index is 2.25. The lowest BCUT2D eigenvalue weighted by atomic mass is 10.1. The number of nitriles is 1. The van der Waals surface area contributed by atoms with Gasteiger partial charge in [0.05, 0.1) is 11.6 Å². The van der Waals surface area contributed by atoms with E-state index >= 15 is 0 Å². The first-order valence-corrected chi connectivity index (χ1v) is 11.6. The van der Waals surface area contributed by atoms with Crippen LogP contribution in [-0.2, 0) is 27.3 Å². The average Bonchev–Trinajstić information content (AvgIpc) is 2.81. The zero-order valence-electron chi connectivity index (χ0n) is 21.7. The lowest BCUT2D eigenvalue weighted by molar-refractivity contribution is -0.142. The third kappa shape index (κ3) is 8.69. The Bertz CT molecular complexity index is 1240. The summed E-state index contributed by atoms with van der Waals surface area (Å²) >= 11 is 0. The fourth-order valence-corrected chi connectivity index (χ4v) is 3.33. The molecule has 2 aromatic rings. The van der Waals surface area contributed by atoms with Crippen molar-refractivity contribution in [3.63, 3.8) is 0 Å². The molecule has 2 aromatic carbocycles. The van der Waals surface area contributed by atoms with Gasteiger partial charge < -0.3 is 14.4 Å². The minimum Gasteiger partial charge on any atom is -0.480 e. The predicted molar refractivity (Wildman–Crippen MR) is 130 cm³/mol. The Hall–Kier alpha value is -4.27. The summed E-state index contributed by atoms with van der Waals surface area (Å²) in [6, 6.07) is 7.03. The number of amides is 3. The van der Waals surface area contributed by atoms with Crippen LogP contribution in [-0.4, -0.2) is 41.1 Å². The van der Waals surface area contributed by atoms with Crippen LogP contribution in [0.4, 0.5) is 18.0 Å². The highest BCUT2D eigenvalue weighted by Crippen LogP contribution is 2.25. The lowest BCUT2D eigenvalue weighted by Gasteiger charge is -2.27. The van der Waals surface area contributed by atoms with Gasteiger partial charge in [0.15, 0.2) is 6.10 Å². The molecule has 0 saturated carbocycles. The largest absolute Gasteiger partial charge is 0.480 e. The van der Waals surface area contributed by atoms with Crippen LogP contribution in [0, 0.1) is 28.8 Å². The number of hydrazine groups is 1. The Morgan fingerprint density at radius 2 is 1.76 bits per heavy atom. The van der Waals surface area contributed by atoms with E-state index in [1.807, 2.05) is 5.43 Å². The Kier molecular flexibility index (Phi) is 10.1. The van der Waals surface area contributed by atoms with E-state index in [-0.39, 0.29) is 28.9 Å². The molecule has 0 radical (unpaired) electrons. The van der Waals surface area contributed by atoms with Gasteiger partial charge in [-0.25, -0.2) is 23.4 Å². The van der Waals surface area contributed by atoms with Crippen LogP contribution in [0.5, 0.6) is 5.75 Å². The summed E-state index contributed by atoms with van der Waals surface area (Å²) in [4.78, 5) is 38.5. The molecule has 1 unspecified atom stereocenters. The zero-order chi connectivity index (χ0) is 28.6. The predicted octanol–water partition coefficient (Wildman–Crippen LogP) is 3.89. The first kappa shape index (κ1) is 30.0. The molecule has 1 atom stereocenters. The van der Waals surface area contributed by atoms with Crippen molar-refractivity contribution in [3.05, 3.63) is 64.5 Å². The van der Waals surface area contributed by atoms with Gasteiger partial charge in [0.2, 0.25) is 0 Å². The van der Waals surface area contributed by atoms with E-state index in [0.29, 0.717) is 6.07 Å². The summed E-state index contributed by atoms with van der Waals surface area (Å²) in [5, 5.41) is 8.96. The highest BCUT2D eigenvalue weighted by Gasteiger charge is 2.27. The van der Waals surface area contributed by atoms with Gasteiger partial charge in [-0.15, -0.1) is 0 Å². The maximum Gasteiger partial charge on any atom is 0.426 e. The second-order valence-electron chi connectivity index (χ2n) is 9.27. The molecule has 38 heavy (non-hydrogen) atoms. The quantitative estimate of drug-likeness (QED) is 0.496. The van der Waals surface area contributed by atoms with Crippen LogP contribution in [0.25, 0.3) is 0 Å². The van der Waals surface area contributed by atoms with Gasteiger partial charge in [0, 0.05) is 29.8 Å². The van der Waals surface area contributed by atoms with Crippen molar-refractivity contribution in [1.29, 1.82) is 5.26 Å². The molecule has 0 bridgehead atoms. The third-order valence-corrected chi connectivity index (χ3v) is 5.02. The Morgan fingerprint density at radius 3 is 2.34 bits per heavy atom. The first-order chi connectivity index (χ1) is 17.7. The molecule has 0 aliphatic rings. The highest BCUT2D eigenvalue weighted by atomic mass is 19.1. The van der Waals surface area contributed by atoms with Crippen molar-refractivity contribution in [2.45, 2.75) is 59.3 Å². The van der Waals surface area contributed by atoms with Crippen LogP contribution in [0.1, 0.15) is 51.3 Å². The van der Waals surface area contributed by atoms with E-state index in [2.05, 4.69) is 5.43 Å². The molecular formula is C26H29F3N4O5. The number of benzene rings is 2. The molecule has 0 spiro atoms. The van der Waals surface area contributed by atoms with Crippen molar-refractivity contribution in [1.82, 2.24) is 15.8 Å². The molecule has 0 aliphatic heterocycles. The fourth-order valence-electron chi connectivity index (χ4n) is 3.33. The lowest BCUT2D eigenvalue weighted by Crippen LogP contribution is -2.50. The molecule has 204 valence electrons. The summed E-state index contributed by atoms with van der Waals surface area (Å²) in [5.74, 6) is -4.39. The van der Waals surface area contributed by atoms with Gasteiger partial charge in [-0.05, 0) is 46.2 Å². The van der Waals surface area contributed by atoms with E-state index in [9.17, 15) is 27.6 Å². The number of hydrogen-bond donors (Lipinski definition) is 2. The molecule has 12 heteroatoms. The number of rotatable bonds is 8. The molecule has 0 heterocycles. The van der Waals surface area contributed by atoms with E-state index in [1.54, 1.807) is 33.8 Å². The highest BCUT2D eigenvalue weighted by molar-refractivity contribution is 5.87. The summed E-state index contributed by atoms with van der Waals surface area (Å²) in [5.41, 5.74) is 3.41. The SMILES string of the molecule is CCc1c(F)cc(F)cc1OC(C)C(=O)N(CC(=O)NNC(=O)OC(C)(C)C)Cc1ccc(C#N)cc1F.